The number of aryl methyl sites for hydroxylation is 1. The fourth-order valence-corrected chi connectivity index (χ4v) is 3.05. The first-order valence-corrected chi connectivity index (χ1v) is 9.15. The van der Waals surface area contributed by atoms with Gasteiger partial charge in [0, 0.05) is 31.7 Å². The number of rotatable bonds is 6. The molecule has 8 heteroatoms. The molecule has 142 valence electrons. The molecular weight excluding hydrogens is 356 g/mol. The van der Waals surface area contributed by atoms with Crippen molar-refractivity contribution in [3.63, 3.8) is 0 Å². The highest BCUT2D eigenvalue weighted by Crippen LogP contribution is 2.30. The maximum absolute atomic E-state index is 12.4. The Bertz CT molecular complexity index is 1080. The maximum atomic E-state index is 12.4. The minimum atomic E-state index is -0.697. The molecule has 1 aliphatic rings. The van der Waals surface area contributed by atoms with Gasteiger partial charge in [0.1, 0.15) is 11.4 Å². The standard InChI is InChI=1S/C20H20N6O2/c1-14-17(27)7-6-15(19(14)28)23-18-16-5-2-3-11-26(16)24-20(18)22-8-4-10-25-12-9-21-13-25/h2-3,5-7,9,11-14H,4,8,10H2,1H3,(H,22,24). The molecule has 0 amide bonds. The zero-order valence-electron chi connectivity index (χ0n) is 15.4. The highest BCUT2D eigenvalue weighted by atomic mass is 16.2. The van der Waals surface area contributed by atoms with Crippen LogP contribution in [0.5, 0.6) is 0 Å². The third-order valence-electron chi connectivity index (χ3n) is 4.67. The zero-order chi connectivity index (χ0) is 19.5. The number of nitrogens with zero attached hydrogens (tertiary/aromatic N) is 5. The summed E-state index contributed by atoms with van der Waals surface area (Å²) in [7, 11) is 0. The van der Waals surface area contributed by atoms with Gasteiger partial charge in [0.05, 0.1) is 17.8 Å². The number of carbonyl (C=O) groups is 2. The molecule has 0 fully saturated rings. The summed E-state index contributed by atoms with van der Waals surface area (Å²) < 4.78 is 3.74. The lowest BCUT2D eigenvalue weighted by molar-refractivity contribution is -0.126. The largest absolute Gasteiger partial charge is 0.367 e. The lowest BCUT2D eigenvalue weighted by Gasteiger charge is -2.12. The van der Waals surface area contributed by atoms with Crippen LogP contribution in [0.1, 0.15) is 13.3 Å². The van der Waals surface area contributed by atoms with Gasteiger partial charge in [0.25, 0.3) is 0 Å². The number of pyridine rings is 1. The van der Waals surface area contributed by atoms with E-state index in [2.05, 4.69) is 20.4 Å². The van der Waals surface area contributed by atoms with Gasteiger partial charge < -0.3 is 9.88 Å². The van der Waals surface area contributed by atoms with Crippen LogP contribution in [0.25, 0.3) is 5.52 Å². The van der Waals surface area contributed by atoms with Crippen molar-refractivity contribution in [1.82, 2.24) is 19.2 Å². The molecule has 3 heterocycles. The Morgan fingerprint density at radius 2 is 2.11 bits per heavy atom. The van der Waals surface area contributed by atoms with Crippen LogP contribution < -0.4 is 5.32 Å². The highest BCUT2D eigenvalue weighted by molar-refractivity contribution is 6.50. The van der Waals surface area contributed by atoms with E-state index in [1.54, 1.807) is 24.0 Å². The maximum Gasteiger partial charge on any atom is 0.191 e. The Morgan fingerprint density at radius 3 is 2.93 bits per heavy atom. The van der Waals surface area contributed by atoms with Gasteiger partial charge >= 0.3 is 0 Å². The summed E-state index contributed by atoms with van der Waals surface area (Å²) in [5.74, 6) is -0.553. The first-order valence-electron chi connectivity index (χ1n) is 9.15. The number of imidazole rings is 1. The summed E-state index contributed by atoms with van der Waals surface area (Å²) in [4.78, 5) is 32.7. The van der Waals surface area contributed by atoms with Crippen LogP contribution >= 0.6 is 0 Å². The second-order valence-corrected chi connectivity index (χ2v) is 6.63. The molecule has 0 bridgehead atoms. The Balaban J connectivity index is 1.60. The lowest BCUT2D eigenvalue weighted by Crippen LogP contribution is -2.29. The fourth-order valence-electron chi connectivity index (χ4n) is 3.05. The minimum Gasteiger partial charge on any atom is -0.367 e. The van der Waals surface area contributed by atoms with Crippen LogP contribution in [0.2, 0.25) is 0 Å². The van der Waals surface area contributed by atoms with E-state index < -0.39 is 5.92 Å². The summed E-state index contributed by atoms with van der Waals surface area (Å²) in [5, 5.41) is 7.86. The summed E-state index contributed by atoms with van der Waals surface area (Å²) in [6, 6.07) is 5.68. The van der Waals surface area contributed by atoms with E-state index in [1.807, 2.05) is 35.2 Å². The van der Waals surface area contributed by atoms with Crippen LogP contribution in [0.15, 0.2) is 60.3 Å². The van der Waals surface area contributed by atoms with E-state index in [9.17, 15) is 9.59 Å². The number of carbonyl (C=O) groups excluding carboxylic acids is 2. The Hall–Kier alpha value is -3.55. The molecule has 1 unspecified atom stereocenters. The number of anilines is 1. The van der Waals surface area contributed by atoms with Crippen molar-refractivity contribution >= 4 is 34.3 Å². The topological polar surface area (TPSA) is 93.7 Å². The van der Waals surface area contributed by atoms with Gasteiger partial charge in [-0.05, 0) is 37.6 Å². The fraction of sp³-hybridized carbons (Fsp3) is 0.250. The molecule has 0 aliphatic heterocycles. The van der Waals surface area contributed by atoms with Crippen molar-refractivity contribution in [2.45, 2.75) is 19.9 Å². The van der Waals surface area contributed by atoms with Crippen LogP contribution in [0, 0.1) is 5.92 Å². The van der Waals surface area contributed by atoms with Crippen molar-refractivity contribution in [3.05, 3.63) is 55.3 Å². The van der Waals surface area contributed by atoms with Gasteiger partial charge in [0.2, 0.25) is 0 Å². The average molecular weight is 376 g/mol. The summed E-state index contributed by atoms with van der Waals surface area (Å²) in [5.41, 5.74) is 1.66. The van der Waals surface area contributed by atoms with Gasteiger partial charge in [-0.1, -0.05) is 6.07 Å². The molecule has 0 radical (unpaired) electrons. The predicted molar refractivity (Wildman–Crippen MR) is 106 cm³/mol. The number of fused-ring (bicyclic) bond motifs is 1. The van der Waals surface area contributed by atoms with E-state index in [0.717, 1.165) is 18.5 Å². The lowest BCUT2D eigenvalue weighted by atomic mass is 9.92. The van der Waals surface area contributed by atoms with E-state index in [0.29, 0.717) is 18.1 Å². The minimum absolute atomic E-state index is 0.193. The molecule has 0 saturated heterocycles. The number of ketones is 2. The first kappa shape index (κ1) is 17.8. The summed E-state index contributed by atoms with van der Waals surface area (Å²) in [6.45, 7) is 3.14. The zero-order valence-corrected chi connectivity index (χ0v) is 15.4. The van der Waals surface area contributed by atoms with Gasteiger partial charge in [-0.2, -0.15) is 0 Å². The SMILES string of the molecule is CC1C(=O)C=CC(=Nc2c(NCCCn3ccnc3)nn3ccccc23)C1=O. The molecule has 1 N–H and O–H groups in total. The Kier molecular flexibility index (Phi) is 4.84. The molecule has 28 heavy (non-hydrogen) atoms. The van der Waals surface area contributed by atoms with Crippen molar-refractivity contribution < 1.29 is 9.59 Å². The number of allylic oxidation sites excluding steroid dienone is 2. The van der Waals surface area contributed by atoms with Crippen LogP contribution in [0.3, 0.4) is 0 Å². The first-order chi connectivity index (χ1) is 13.6. The highest BCUT2D eigenvalue weighted by Gasteiger charge is 2.27. The quantitative estimate of drug-likeness (QED) is 0.527. The van der Waals surface area contributed by atoms with E-state index in [4.69, 9.17) is 0 Å². The molecule has 1 aliphatic carbocycles. The number of aliphatic imine (C=N–C) groups is 1. The number of nitrogens with one attached hydrogen (secondary N) is 1. The van der Waals surface area contributed by atoms with Gasteiger partial charge in [0.15, 0.2) is 17.4 Å². The smallest absolute Gasteiger partial charge is 0.191 e. The molecular formula is C20H20N6O2. The molecule has 8 nitrogen and oxygen atoms in total. The predicted octanol–water partition coefficient (Wildman–Crippen LogP) is 2.45. The van der Waals surface area contributed by atoms with Gasteiger partial charge in [-0.25, -0.2) is 14.5 Å². The number of hydrogen-bond donors (Lipinski definition) is 1. The van der Waals surface area contributed by atoms with Crippen molar-refractivity contribution in [2.75, 3.05) is 11.9 Å². The number of Topliss-reactive ketones (excluding diaryl/α,β-unsaturated/α-hetero) is 1. The summed E-state index contributed by atoms with van der Waals surface area (Å²) in [6.07, 6.45) is 11.1. The van der Waals surface area contributed by atoms with Crippen LogP contribution in [-0.4, -0.2) is 43.0 Å². The van der Waals surface area contributed by atoms with Gasteiger partial charge in [-0.15, -0.1) is 5.10 Å². The molecule has 4 rings (SSSR count). The van der Waals surface area contributed by atoms with Crippen LogP contribution in [0.4, 0.5) is 11.5 Å². The Labute approximate surface area is 161 Å². The van der Waals surface area contributed by atoms with Crippen molar-refractivity contribution in [1.29, 1.82) is 0 Å². The molecule has 0 saturated carbocycles. The van der Waals surface area contributed by atoms with E-state index >= 15 is 0 Å². The second-order valence-electron chi connectivity index (χ2n) is 6.63. The van der Waals surface area contributed by atoms with E-state index in [-0.39, 0.29) is 17.3 Å². The third kappa shape index (κ3) is 3.48. The van der Waals surface area contributed by atoms with E-state index in [1.165, 1.54) is 12.2 Å². The molecule has 0 aromatic carbocycles. The van der Waals surface area contributed by atoms with Gasteiger partial charge in [-0.3, -0.25) is 9.59 Å². The summed E-state index contributed by atoms with van der Waals surface area (Å²) >= 11 is 0. The van der Waals surface area contributed by atoms with Crippen molar-refractivity contribution in [2.24, 2.45) is 10.9 Å². The molecule has 1 atom stereocenters. The number of aromatic nitrogens is 4. The number of hydrogen-bond acceptors (Lipinski definition) is 6. The average Bonchev–Trinajstić information content (AvgIpc) is 3.34. The van der Waals surface area contributed by atoms with Crippen molar-refractivity contribution in [3.8, 4) is 0 Å². The normalized spacial score (nSPS) is 18.3. The third-order valence-corrected chi connectivity index (χ3v) is 4.67. The molecule has 3 aromatic heterocycles. The Morgan fingerprint density at radius 1 is 1.21 bits per heavy atom. The second kappa shape index (κ2) is 7.59. The monoisotopic (exact) mass is 376 g/mol. The molecule has 0 spiro atoms. The van der Waals surface area contributed by atoms with Crippen LogP contribution in [-0.2, 0) is 16.1 Å². The molecule has 3 aromatic rings.